The van der Waals surface area contributed by atoms with Crippen molar-refractivity contribution in [3.05, 3.63) is 40.0 Å². The fourth-order valence-electron chi connectivity index (χ4n) is 1.37. The lowest BCUT2D eigenvalue weighted by Gasteiger charge is -2.09. The number of hydrogen-bond acceptors (Lipinski definition) is 4. The second-order valence-electron chi connectivity index (χ2n) is 4.31. The lowest BCUT2D eigenvalue weighted by Crippen LogP contribution is -2.39. The van der Waals surface area contributed by atoms with Gasteiger partial charge in [0.05, 0.1) is 0 Å². The van der Waals surface area contributed by atoms with Gasteiger partial charge in [0.15, 0.2) is 0 Å². The number of rotatable bonds is 5. The molecule has 3 N–H and O–H groups in total. The first-order chi connectivity index (χ1) is 9.85. The average molecular weight is 352 g/mol. The van der Waals surface area contributed by atoms with Crippen molar-refractivity contribution in [2.45, 2.75) is 19.9 Å². The number of halogens is 1. The molecule has 110 valence electrons. The molecule has 1 aromatic rings. The number of carbonyl (C=O) groups is 2. The molecule has 0 radical (unpaired) electrons. The molecule has 7 heteroatoms. The molecule has 0 aliphatic carbocycles. The average Bonchev–Trinajstić information content (AvgIpc) is 2.43. The lowest BCUT2D eigenvalue weighted by atomic mass is 10.2. The Labute approximate surface area is 130 Å². The van der Waals surface area contributed by atoms with Crippen LogP contribution in [0.3, 0.4) is 0 Å². The summed E-state index contributed by atoms with van der Waals surface area (Å²) < 4.78 is 0.950. The van der Waals surface area contributed by atoms with Gasteiger partial charge in [-0.2, -0.15) is 5.26 Å². The standard InChI is InChI=1S/C14H14BrN3O3/c1-8-5-11(3-4-12(8)15)17-7-10(6-16)13(19)18-9(2)14(20)21/h3-5,7,9,17H,1-2H3,(H,18,19)(H,20,21)/b10-7-. The normalized spacial score (nSPS) is 12.2. The van der Waals surface area contributed by atoms with E-state index in [0.29, 0.717) is 5.69 Å². The van der Waals surface area contributed by atoms with Gasteiger partial charge >= 0.3 is 5.97 Å². The fraction of sp³-hybridized carbons (Fsp3) is 0.214. The highest BCUT2D eigenvalue weighted by atomic mass is 79.9. The molecule has 1 amide bonds. The Balaban J connectivity index is 2.80. The van der Waals surface area contributed by atoms with Crippen molar-refractivity contribution in [1.82, 2.24) is 5.32 Å². The summed E-state index contributed by atoms with van der Waals surface area (Å²) in [6.07, 6.45) is 1.24. The van der Waals surface area contributed by atoms with Gasteiger partial charge in [0.25, 0.3) is 5.91 Å². The van der Waals surface area contributed by atoms with Gasteiger partial charge in [0.2, 0.25) is 0 Å². The topological polar surface area (TPSA) is 102 Å². The van der Waals surface area contributed by atoms with Gasteiger partial charge in [-0.25, -0.2) is 0 Å². The van der Waals surface area contributed by atoms with Crippen LogP contribution in [0.1, 0.15) is 12.5 Å². The third-order valence-corrected chi connectivity index (χ3v) is 3.51. The summed E-state index contributed by atoms with van der Waals surface area (Å²) in [7, 11) is 0. The number of carboxylic acid groups (broad SMARTS) is 1. The van der Waals surface area contributed by atoms with Crippen LogP contribution in [0.15, 0.2) is 34.4 Å². The number of carbonyl (C=O) groups excluding carboxylic acids is 1. The predicted molar refractivity (Wildman–Crippen MR) is 81.4 cm³/mol. The van der Waals surface area contributed by atoms with E-state index < -0.39 is 17.9 Å². The van der Waals surface area contributed by atoms with Crippen molar-refractivity contribution >= 4 is 33.5 Å². The summed E-state index contributed by atoms with van der Waals surface area (Å²) in [5.41, 5.74) is 1.50. The summed E-state index contributed by atoms with van der Waals surface area (Å²) in [5.74, 6) is -1.91. The highest BCUT2D eigenvalue weighted by molar-refractivity contribution is 9.10. The van der Waals surface area contributed by atoms with E-state index in [2.05, 4.69) is 26.6 Å². The maximum atomic E-state index is 11.7. The minimum absolute atomic E-state index is 0.205. The Bertz CT molecular complexity index is 635. The first-order valence-corrected chi connectivity index (χ1v) is 6.81. The molecule has 0 bridgehead atoms. The molecule has 6 nitrogen and oxygen atoms in total. The Hall–Kier alpha value is -2.33. The minimum atomic E-state index is -1.17. The molecule has 0 saturated carbocycles. The number of carboxylic acids is 1. The van der Waals surface area contributed by atoms with Gasteiger partial charge in [0, 0.05) is 16.4 Å². The highest BCUT2D eigenvalue weighted by Crippen LogP contribution is 2.20. The molecule has 0 aromatic heterocycles. The summed E-state index contributed by atoms with van der Waals surface area (Å²) in [4.78, 5) is 22.4. The lowest BCUT2D eigenvalue weighted by molar-refractivity contribution is -0.140. The molecule has 21 heavy (non-hydrogen) atoms. The van der Waals surface area contributed by atoms with E-state index in [1.54, 1.807) is 12.1 Å². The zero-order valence-electron chi connectivity index (χ0n) is 11.5. The second kappa shape index (κ2) is 7.45. The predicted octanol–water partition coefficient (Wildman–Crippen LogP) is 2.17. The number of benzene rings is 1. The van der Waals surface area contributed by atoms with Crippen LogP contribution in [-0.2, 0) is 9.59 Å². The Morgan fingerprint density at radius 2 is 2.14 bits per heavy atom. The summed E-state index contributed by atoms with van der Waals surface area (Å²) in [5, 5.41) is 22.7. The van der Waals surface area contributed by atoms with Crippen LogP contribution in [0.2, 0.25) is 0 Å². The number of amides is 1. The molecule has 1 aromatic carbocycles. The number of aliphatic carboxylic acids is 1. The second-order valence-corrected chi connectivity index (χ2v) is 5.17. The quantitative estimate of drug-likeness (QED) is 0.557. The third-order valence-electron chi connectivity index (χ3n) is 2.62. The van der Waals surface area contributed by atoms with Crippen LogP contribution in [0, 0.1) is 18.3 Å². The smallest absolute Gasteiger partial charge is 0.325 e. The van der Waals surface area contributed by atoms with Crippen molar-refractivity contribution in [2.75, 3.05) is 5.32 Å². The molecule has 0 saturated heterocycles. The number of nitriles is 1. The van der Waals surface area contributed by atoms with Crippen LogP contribution in [0.25, 0.3) is 0 Å². The number of nitrogens with zero attached hydrogens (tertiary/aromatic N) is 1. The van der Waals surface area contributed by atoms with Crippen LogP contribution >= 0.6 is 15.9 Å². The minimum Gasteiger partial charge on any atom is -0.480 e. The maximum Gasteiger partial charge on any atom is 0.325 e. The zero-order chi connectivity index (χ0) is 16.0. The monoisotopic (exact) mass is 351 g/mol. The van der Waals surface area contributed by atoms with Gasteiger partial charge in [-0.1, -0.05) is 15.9 Å². The van der Waals surface area contributed by atoms with E-state index >= 15 is 0 Å². The van der Waals surface area contributed by atoms with Crippen LogP contribution in [0.5, 0.6) is 0 Å². The Kier molecular flexibility index (Phi) is 5.93. The molecule has 0 aliphatic rings. The molecule has 0 aliphatic heterocycles. The van der Waals surface area contributed by atoms with Gasteiger partial charge in [-0.3, -0.25) is 9.59 Å². The summed E-state index contributed by atoms with van der Waals surface area (Å²) in [6, 6.07) is 6.12. The molecule has 1 unspecified atom stereocenters. The molecule has 1 atom stereocenters. The third kappa shape index (κ3) is 4.93. The highest BCUT2D eigenvalue weighted by Gasteiger charge is 2.16. The fourth-order valence-corrected chi connectivity index (χ4v) is 1.62. The molecule has 1 rings (SSSR count). The van der Waals surface area contributed by atoms with E-state index in [9.17, 15) is 9.59 Å². The number of hydrogen-bond donors (Lipinski definition) is 3. The number of aryl methyl sites for hydroxylation is 1. The van der Waals surface area contributed by atoms with Crippen LogP contribution in [-0.4, -0.2) is 23.0 Å². The Morgan fingerprint density at radius 1 is 1.48 bits per heavy atom. The van der Waals surface area contributed by atoms with Crippen molar-refractivity contribution in [3.63, 3.8) is 0 Å². The van der Waals surface area contributed by atoms with Gasteiger partial charge in [0.1, 0.15) is 17.7 Å². The zero-order valence-corrected chi connectivity index (χ0v) is 13.1. The van der Waals surface area contributed by atoms with Gasteiger partial charge < -0.3 is 15.7 Å². The van der Waals surface area contributed by atoms with Crippen LogP contribution in [0.4, 0.5) is 5.69 Å². The van der Waals surface area contributed by atoms with E-state index in [4.69, 9.17) is 10.4 Å². The van der Waals surface area contributed by atoms with Gasteiger partial charge in [-0.05, 0) is 37.6 Å². The Morgan fingerprint density at radius 3 is 2.67 bits per heavy atom. The van der Waals surface area contributed by atoms with Gasteiger partial charge in [-0.15, -0.1) is 0 Å². The van der Waals surface area contributed by atoms with Crippen molar-refractivity contribution in [2.24, 2.45) is 0 Å². The van der Waals surface area contributed by atoms with Crippen molar-refractivity contribution in [1.29, 1.82) is 5.26 Å². The molecular weight excluding hydrogens is 338 g/mol. The number of nitrogens with one attached hydrogen (secondary N) is 2. The SMILES string of the molecule is Cc1cc(N/C=C(/C#N)C(=O)NC(C)C(=O)O)ccc1Br. The largest absolute Gasteiger partial charge is 0.480 e. The molecular formula is C14H14BrN3O3. The summed E-state index contributed by atoms with van der Waals surface area (Å²) >= 11 is 3.37. The van der Waals surface area contributed by atoms with Crippen LogP contribution < -0.4 is 10.6 Å². The van der Waals surface area contributed by atoms with E-state index in [0.717, 1.165) is 10.0 Å². The molecule has 0 spiro atoms. The molecule has 0 fully saturated rings. The van der Waals surface area contributed by atoms with E-state index in [1.165, 1.54) is 13.1 Å². The van der Waals surface area contributed by atoms with E-state index in [-0.39, 0.29) is 5.57 Å². The van der Waals surface area contributed by atoms with Crippen molar-refractivity contribution in [3.8, 4) is 6.07 Å². The first kappa shape index (κ1) is 16.7. The van der Waals surface area contributed by atoms with Crippen molar-refractivity contribution < 1.29 is 14.7 Å². The molecule has 0 heterocycles. The number of anilines is 1. The maximum absolute atomic E-state index is 11.7. The first-order valence-electron chi connectivity index (χ1n) is 6.01. The van der Waals surface area contributed by atoms with E-state index in [1.807, 2.05) is 19.1 Å². The summed E-state index contributed by atoms with van der Waals surface area (Å²) in [6.45, 7) is 3.23.